The van der Waals surface area contributed by atoms with Crippen molar-refractivity contribution in [3.8, 4) is 0 Å². The van der Waals surface area contributed by atoms with Crippen molar-refractivity contribution in [3.63, 3.8) is 0 Å². The molecule has 0 atom stereocenters. The molecule has 0 aliphatic carbocycles. The van der Waals surface area contributed by atoms with Crippen molar-refractivity contribution in [3.05, 3.63) is 29.3 Å². The molecule has 1 aliphatic rings. The van der Waals surface area contributed by atoms with Gasteiger partial charge in [-0.25, -0.2) is 0 Å². The Morgan fingerprint density at radius 3 is 2.78 bits per heavy atom. The van der Waals surface area contributed by atoms with E-state index in [2.05, 4.69) is 10.3 Å². The molecule has 4 nitrogen and oxygen atoms in total. The fourth-order valence-corrected chi connectivity index (χ4v) is 2.71. The van der Waals surface area contributed by atoms with E-state index in [1.807, 2.05) is 12.1 Å². The van der Waals surface area contributed by atoms with Crippen molar-refractivity contribution in [2.24, 2.45) is 4.99 Å². The Morgan fingerprint density at radius 2 is 2.17 bits per heavy atom. The van der Waals surface area contributed by atoms with Crippen LogP contribution in [-0.4, -0.2) is 28.5 Å². The maximum absolute atomic E-state index is 11.5. The van der Waals surface area contributed by atoms with Gasteiger partial charge in [-0.15, -0.1) is 11.8 Å². The second-order valence-corrected chi connectivity index (χ2v) is 5.84. The zero-order valence-corrected chi connectivity index (χ0v) is 11.6. The highest BCUT2D eigenvalue weighted by molar-refractivity contribution is 8.15. The molecule has 18 heavy (non-hydrogen) atoms. The lowest BCUT2D eigenvalue weighted by Crippen LogP contribution is -2.21. The summed E-state index contributed by atoms with van der Waals surface area (Å²) in [6, 6.07) is 7.24. The van der Waals surface area contributed by atoms with Crippen LogP contribution in [0.25, 0.3) is 0 Å². The second kappa shape index (κ2) is 6.26. The van der Waals surface area contributed by atoms with Gasteiger partial charge in [-0.2, -0.15) is 4.99 Å². The van der Waals surface area contributed by atoms with E-state index in [9.17, 15) is 9.59 Å². The Bertz CT molecular complexity index is 502. The van der Waals surface area contributed by atoms with E-state index in [1.165, 1.54) is 23.5 Å². The molecule has 0 aromatic heterocycles. The van der Waals surface area contributed by atoms with Gasteiger partial charge in [-0.1, -0.05) is 23.4 Å². The highest BCUT2D eigenvalue weighted by Crippen LogP contribution is 2.20. The molecule has 1 fully saturated rings. The highest BCUT2D eigenvalue weighted by Gasteiger charge is 2.17. The topological polar surface area (TPSA) is 58.5 Å². The van der Waals surface area contributed by atoms with E-state index in [1.54, 1.807) is 12.1 Å². The second-order valence-electron chi connectivity index (χ2n) is 3.39. The molecule has 2 rings (SSSR count). The lowest BCUT2D eigenvalue weighted by molar-refractivity contribution is -0.116. The molecule has 0 saturated carbocycles. The van der Waals surface area contributed by atoms with Crippen LogP contribution >= 0.6 is 35.1 Å². The Hall–Kier alpha value is -0.980. The molecule has 7 heteroatoms. The number of thioether (sulfide) groups is 2. The summed E-state index contributed by atoms with van der Waals surface area (Å²) in [6.45, 7) is 0. The number of halogens is 1. The molecular formula is C11H9ClN2O2S2. The van der Waals surface area contributed by atoms with Crippen molar-refractivity contribution in [1.82, 2.24) is 5.32 Å². The fraction of sp³-hybridized carbons (Fsp3) is 0.182. The van der Waals surface area contributed by atoms with E-state index in [0.29, 0.717) is 15.9 Å². The molecule has 2 amide bonds. The molecule has 94 valence electrons. The van der Waals surface area contributed by atoms with E-state index >= 15 is 0 Å². The quantitative estimate of drug-likeness (QED) is 0.869. The monoisotopic (exact) mass is 300 g/mol. The molecule has 1 heterocycles. The zero-order chi connectivity index (χ0) is 13.0. The average Bonchev–Trinajstić information content (AvgIpc) is 2.74. The van der Waals surface area contributed by atoms with Crippen molar-refractivity contribution in [2.75, 3.05) is 11.5 Å². The van der Waals surface area contributed by atoms with E-state index in [0.717, 1.165) is 4.90 Å². The predicted molar refractivity (Wildman–Crippen MR) is 75.2 cm³/mol. The minimum absolute atomic E-state index is 0.114. The van der Waals surface area contributed by atoms with Crippen LogP contribution in [0, 0.1) is 0 Å². The molecule has 0 bridgehead atoms. The molecule has 0 unspecified atom stereocenters. The zero-order valence-electron chi connectivity index (χ0n) is 9.18. The van der Waals surface area contributed by atoms with Gasteiger partial charge in [0.25, 0.3) is 5.91 Å². The normalized spacial score (nSPS) is 16.9. The van der Waals surface area contributed by atoms with Crippen molar-refractivity contribution in [2.45, 2.75) is 4.90 Å². The van der Waals surface area contributed by atoms with E-state index in [4.69, 9.17) is 11.6 Å². The summed E-state index contributed by atoms with van der Waals surface area (Å²) in [4.78, 5) is 27.2. The van der Waals surface area contributed by atoms with Gasteiger partial charge < -0.3 is 5.32 Å². The first kappa shape index (κ1) is 13.5. The lowest BCUT2D eigenvalue weighted by Gasteiger charge is -1.99. The number of hydrogen-bond acceptors (Lipinski definition) is 4. The third-order valence-corrected chi connectivity index (χ3v) is 4.11. The first-order chi connectivity index (χ1) is 8.63. The molecule has 0 radical (unpaired) electrons. The maximum Gasteiger partial charge on any atom is 0.258 e. The van der Waals surface area contributed by atoms with Gasteiger partial charge in [-0.3, -0.25) is 9.59 Å². The third kappa shape index (κ3) is 4.04. The smallest absolute Gasteiger partial charge is 0.258 e. The van der Waals surface area contributed by atoms with Crippen LogP contribution in [-0.2, 0) is 9.59 Å². The summed E-state index contributed by atoms with van der Waals surface area (Å²) in [6.07, 6.45) is 0. The van der Waals surface area contributed by atoms with Gasteiger partial charge in [0.1, 0.15) is 0 Å². The van der Waals surface area contributed by atoms with Crippen LogP contribution in [0.4, 0.5) is 0 Å². The third-order valence-electron chi connectivity index (χ3n) is 1.99. The van der Waals surface area contributed by atoms with Crippen LogP contribution in [0.15, 0.2) is 34.2 Å². The summed E-state index contributed by atoms with van der Waals surface area (Å²) in [5.74, 6) is 0.189. The number of hydrogen-bond donors (Lipinski definition) is 1. The van der Waals surface area contributed by atoms with Crippen molar-refractivity contribution in [1.29, 1.82) is 0 Å². The van der Waals surface area contributed by atoms with E-state index < -0.39 is 0 Å². The SMILES string of the molecule is O=C(CSc1ccc(Cl)cc1)N=C1NC(=O)CS1. The number of nitrogens with one attached hydrogen (secondary N) is 1. The Balaban J connectivity index is 1.85. The molecular weight excluding hydrogens is 292 g/mol. The van der Waals surface area contributed by atoms with Crippen LogP contribution < -0.4 is 5.32 Å². The van der Waals surface area contributed by atoms with Crippen LogP contribution in [0.2, 0.25) is 5.02 Å². The fourth-order valence-electron chi connectivity index (χ4n) is 1.21. The van der Waals surface area contributed by atoms with Gasteiger partial charge in [0.05, 0.1) is 11.5 Å². The number of aliphatic imine (C=N–C) groups is 1. The summed E-state index contributed by atoms with van der Waals surface area (Å²) < 4.78 is 0. The molecule has 1 aromatic carbocycles. The largest absolute Gasteiger partial charge is 0.304 e. The Kier molecular flexibility index (Phi) is 4.68. The number of nitrogens with zero attached hydrogens (tertiary/aromatic N) is 1. The Morgan fingerprint density at radius 1 is 1.44 bits per heavy atom. The minimum Gasteiger partial charge on any atom is -0.304 e. The molecule has 0 spiro atoms. The van der Waals surface area contributed by atoms with Crippen LogP contribution in [0.1, 0.15) is 0 Å². The van der Waals surface area contributed by atoms with E-state index in [-0.39, 0.29) is 17.6 Å². The molecule has 1 aromatic rings. The van der Waals surface area contributed by atoms with Gasteiger partial charge in [0.2, 0.25) is 5.91 Å². The first-order valence-corrected chi connectivity index (χ1v) is 7.41. The van der Waals surface area contributed by atoms with Crippen molar-refractivity contribution >= 4 is 52.1 Å². The number of amides is 2. The van der Waals surface area contributed by atoms with Gasteiger partial charge in [-0.05, 0) is 24.3 Å². The Labute approximate surface area is 118 Å². The summed E-state index contributed by atoms with van der Waals surface area (Å²) in [5.41, 5.74) is 0. The molecule has 1 saturated heterocycles. The van der Waals surface area contributed by atoms with Crippen LogP contribution in [0.3, 0.4) is 0 Å². The van der Waals surface area contributed by atoms with Gasteiger partial charge >= 0.3 is 0 Å². The number of carbonyl (C=O) groups excluding carboxylic acids is 2. The number of rotatable bonds is 3. The standard InChI is InChI=1S/C11H9ClN2O2S2/c12-7-1-3-8(4-2-7)17-5-9(15)13-11-14-10(16)6-18-11/h1-4H,5-6H2,(H,13,14,15,16). The average molecular weight is 301 g/mol. The van der Waals surface area contributed by atoms with Crippen LogP contribution in [0.5, 0.6) is 0 Å². The molecule has 1 aliphatic heterocycles. The lowest BCUT2D eigenvalue weighted by atomic mass is 10.4. The molecule has 1 N–H and O–H groups in total. The van der Waals surface area contributed by atoms with Gasteiger partial charge in [0.15, 0.2) is 5.17 Å². The predicted octanol–water partition coefficient (Wildman–Crippen LogP) is 2.18. The summed E-state index contributed by atoms with van der Waals surface area (Å²) >= 11 is 8.39. The maximum atomic E-state index is 11.5. The number of benzene rings is 1. The van der Waals surface area contributed by atoms with Gasteiger partial charge in [0, 0.05) is 9.92 Å². The summed E-state index contributed by atoms with van der Waals surface area (Å²) in [7, 11) is 0. The first-order valence-electron chi connectivity index (χ1n) is 5.06. The summed E-state index contributed by atoms with van der Waals surface area (Å²) in [5, 5.41) is 3.57. The highest BCUT2D eigenvalue weighted by atomic mass is 35.5. The number of carbonyl (C=O) groups is 2. The van der Waals surface area contributed by atoms with Crippen molar-refractivity contribution < 1.29 is 9.59 Å². The minimum atomic E-state index is -0.264. The number of amidine groups is 1.